The van der Waals surface area contributed by atoms with Crippen molar-refractivity contribution in [3.63, 3.8) is 0 Å². The maximum Gasteiger partial charge on any atom is 0.150 e. The first kappa shape index (κ1) is 18.2. The fourth-order valence-corrected chi connectivity index (χ4v) is 2.99. The fourth-order valence-electron chi connectivity index (χ4n) is 2.99. The predicted molar refractivity (Wildman–Crippen MR) is 99.1 cm³/mol. The molecule has 4 heteroatoms. The van der Waals surface area contributed by atoms with Gasteiger partial charge in [-0.3, -0.25) is 0 Å². The van der Waals surface area contributed by atoms with Crippen LogP contribution in [0.25, 0.3) is 10.9 Å². The summed E-state index contributed by atoms with van der Waals surface area (Å²) in [6.45, 7) is 4.11. The minimum Gasteiger partial charge on any atom is -0.505 e. The zero-order valence-electron chi connectivity index (χ0n) is 14.8. The van der Waals surface area contributed by atoms with E-state index in [1.807, 2.05) is 31.2 Å². The number of hydrogen-bond acceptors (Lipinski definition) is 4. The van der Waals surface area contributed by atoms with E-state index in [-0.39, 0.29) is 5.75 Å². The molecule has 0 fully saturated rings. The van der Waals surface area contributed by atoms with E-state index in [0.29, 0.717) is 23.2 Å². The summed E-state index contributed by atoms with van der Waals surface area (Å²) in [5.41, 5.74) is 2.53. The minimum atomic E-state index is 0.104. The van der Waals surface area contributed by atoms with Gasteiger partial charge >= 0.3 is 0 Å². The number of aromatic hydroxyl groups is 1. The number of phenolic OH excluding ortho intramolecular Hbond substituents is 1. The predicted octanol–water partition coefficient (Wildman–Crippen LogP) is 5.57. The molecule has 0 unspecified atom stereocenters. The maximum atomic E-state index is 10.5. The fraction of sp³-hybridized carbons (Fsp3) is 0.500. The lowest BCUT2D eigenvalue weighted by Crippen LogP contribution is -2.02. The molecular weight excluding hydrogens is 300 g/mol. The van der Waals surface area contributed by atoms with Crippen molar-refractivity contribution in [1.29, 1.82) is 0 Å². The summed E-state index contributed by atoms with van der Waals surface area (Å²) in [6.07, 6.45) is 9.09. The molecule has 0 amide bonds. The normalized spacial score (nSPS) is 12.0. The lowest BCUT2D eigenvalue weighted by atomic mass is 10.00. The van der Waals surface area contributed by atoms with Gasteiger partial charge in [-0.15, -0.1) is 0 Å². The number of aromatic nitrogens is 1. The van der Waals surface area contributed by atoms with Crippen LogP contribution in [0, 0.1) is 6.92 Å². The number of benzene rings is 1. The average Bonchev–Trinajstić information content (AvgIpc) is 2.59. The molecule has 0 saturated carbocycles. The molecule has 2 N–H and O–H groups in total. The summed E-state index contributed by atoms with van der Waals surface area (Å²) in [5, 5.41) is 24.2. The Bertz CT molecular complexity index is 695. The summed E-state index contributed by atoms with van der Waals surface area (Å²) >= 11 is 0. The number of rotatable bonds is 9. The highest BCUT2D eigenvalue weighted by atomic mass is 16.4. The second-order valence-electron chi connectivity index (χ2n) is 6.40. The number of pyridine rings is 1. The van der Waals surface area contributed by atoms with E-state index < -0.39 is 0 Å². The summed E-state index contributed by atoms with van der Waals surface area (Å²) in [7, 11) is 0. The van der Waals surface area contributed by atoms with Crippen LogP contribution >= 0.6 is 0 Å². The van der Waals surface area contributed by atoms with E-state index in [1.165, 1.54) is 32.1 Å². The molecule has 0 bridgehead atoms. The van der Waals surface area contributed by atoms with Gasteiger partial charge in [0.2, 0.25) is 0 Å². The van der Waals surface area contributed by atoms with E-state index in [0.717, 1.165) is 23.9 Å². The monoisotopic (exact) mass is 328 g/mol. The maximum absolute atomic E-state index is 10.5. The van der Waals surface area contributed by atoms with E-state index in [9.17, 15) is 10.3 Å². The van der Waals surface area contributed by atoms with Gasteiger partial charge in [0.1, 0.15) is 5.52 Å². The third-order valence-corrected chi connectivity index (χ3v) is 4.42. The highest BCUT2D eigenvalue weighted by Crippen LogP contribution is 2.29. The van der Waals surface area contributed by atoms with Gasteiger partial charge in [-0.05, 0) is 31.9 Å². The van der Waals surface area contributed by atoms with Crippen molar-refractivity contribution in [1.82, 2.24) is 4.98 Å². The van der Waals surface area contributed by atoms with Crippen molar-refractivity contribution in [2.24, 2.45) is 5.16 Å². The molecule has 1 aromatic carbocycles. The first-order valence-corrected chi connectivity index (χ1v) is 8.98. The van der Waals surface area contributed by atoms with Gasteiger partial charge in [0, 0.05) is 16.6 Å². The van der Waals surface area contributed by atoms with Crippen LogP contribution in [0.4, 0.5) is 0 Å². The molecule has 4 nitrogen and oxygen atoms in total. The molecule has 0 aliphatic heterocycles. The van der Waals surface area contributed by atoms with Crippen LogP contribution in [0.15, 0.2) is 29.4 Å². The Balaban J connectivity index is 2.00. The summed E-state index contributed by atoms with van der Waals surface area (Å²) in [6, 6.07) is 7.58. The lowest BCUT2D eigenvalue weighted by molar-refractivity contribution is 0.317. The average molecular weight is 328 g/mol. The second-order valence-corrected chi connectivity index (χ2v) is 6.40. The molecule has 130 valence electrons. The number of nitrogens with zero attached hydrogens (tertiary/aromatic N) is 2. The Morgan fingerprint density at radius 3 is 2.38 bits per heavy atom. The summed E-state index contributed by atoms with van der Waals surface area (Å²) in [5.74, 6) is 0.104. The third kappa shape index (κ3) is 4.70. The molecule has 2 rings (SSSR count). The van der Waals surface area contributed by atoms with E-state index >= 15 is 0 Å². The largest absolute Gasteiger partial charge is 0.505 e. The zero-order valence-corrected chi connectivity index (χ0v) is 14.8. The van der Waals surface area contributed by atoms with Gasteiger partial charge in [-0.1, -0.05) is 62.7 Å². The van der Waals surface area contributed by atoms with Crippen LogP contribution in [-0.2, 0) is 0 Å². The van der Waals surface area contributed by atoms with Crippen molar-refractivity contribution in [3.05, 3.63) is 35.5 Å². The molecule has 24 heavy (non-hydrogen) atoms. The first-order chi connectivity index (χ1) is 11.7. The number of aryl methyl sites for hydroxylation is 1. The highest BCUT2D eigenvalue weighted by molar-refractivity contribution is 6.06. The standard InChI is InChI=1S/C20H28N2O2/c1-3-4-5-6-7-8-9-10-18(22-24)17-14-13-16-12-11-15(2)21-19(16)20(17)23/h11-14,23-24H,3-10H2,1-2H3/b22-18+. The van der Waals surface area contributed by atoms with Crippen molar-refractivity contribution >= 4 is 16.6 Å². The Hall–Kier alpha value is -2.10. The zero-order chi connectivity index (χ0) is 17.4. The number of phenols is 1. The van der Waals surface area contributed by atoms with Gasteiger partial charge in [-0.2, -0.15) is 0 Å². The molecular formula is C20H28N2O2. The molecule has 0 spiro atoms. The van der Waals surface area contributed by atoms with Crippen LogP contribution in [0.3, 0.4) is 0 Å². The van der Waals surface area contributed by atoms with Gasteiger partial charge in [0.15, 0.2) is 5.75 Å². The van der Waals surface area contributed by atoms with E-state index in [1.54, 1.807) is 0 Å². The number of hydrogen-bond donors (Lipinski definition) is 2. The Morgan fingerprint density at radius 1 is 1.00 bits per heavy atom. The topological polar surface area (TPSA) is 65.7 Å². The smallest absolute Gasteiger partial charge is 0.150 e. The van der Waals surface area contributed by atoms with Gasteiger partial charge in [-0.25, -0.2) is 4.98 Å². The second kappa shape index (κ2) is 9.26. The van der Waals surface area contributed by atoms with Crippen LogP contribution in [0.1, 0.15) is 69.5 Å². The Labute approximate surface area is 144 Å². The van der Waals surface area contributed by atoms with Crippen molar-refractivity contribution in [2.45, 2.75) is 65.2 Å². The summed E-state index contributed by atoms with van der Waals surface area (Å²) < 4.78 is 0. The van der Waals surface area contributed by atoms with E-state index in [4.69, 9.17) is 0 Å². The number of unbranched alkanes of at least 4 members (excludes halogenated alkanes) is 6. The van der Waals surface area contributed by atoms with Crippen molar-refractivity contribution < 1.29 is 10.3 Å². The van der Waals surface area contributed by atoms with Crippen LogP contribution in [0.2, 0.25) is 0 Å². The third-order valence-electron chi connectivity index (χ3n) is 4.42. The Kier molecular flexibility index (Phi) is 7.04. The molecule has 1 aromatic heterocycles. The molecule has 1 heterocycles. The molecule has 0 radical (unpaired) electrons. The number of fused-ring (bicyclic) bond motifs is 1. The summed E-state index contributed by atoms with van der Waals surface area (Å²) in [4.78, 5) is 4.40. The lowest BCUT2D eigenvalue weighted by Gasteiger charge is -2.10. The molecule has 0 saturated heterocycles. The number of oxime groups is 1. The van der Waals surface area contributed by atoms with Crippen LogP contribution < -0.4 is 0 Å². The highest BCUT2D eigenvalue weighted by Gasteiger charge is 2.13. The van der Waals surface area contributed by atoms with Gasteiger partial charge in [0.25, 0.3) is 0 Å². The molecule has 0 atom stereocenters. The first-order valence-electron chi connectivity index (χ1n) is 8.98. The SMILES string of the molecule is CCCCCCCCC/C(=N\O)c1ccc2ccc(C)nc2c1O. The van der Waals surface area contributed by atoms with Crippen molar-refractivity contribution in [2.75, 3.05) is 0 Å². The van der Waals surface area contributed by atoms with Gasteiger partial charge in [0.05, 0.1) is 5.71 Å². The van der Waals surface area contributed by atoms with Crippen molar-refractivity contribution in [3.8, 4) is 5.75 Å². The quantitative estimate of drug-likeness (QED) is 0.274. The Morgan fingerprint density at radius 2 is 1.67 bits per heavy atom. The molecule has 2 aromatic rings. The van der Waals surface area contributed by atoms with E-state index in [2.05, 4.69) is 17.1 Å². The van der Waals surface area contributed by atoms with Gasteiger partial charge < -0.3 is 10.3 Å². The molecule has 0 aliphatic rings. The molecule has 0 aliphatic carbocycles. The van der Waals surface area contributed by atoms with Crippen LogP contribution in [0.5, 0.6) is 5.75 Å². The van der Waals surface area contributed by atoms with Crippen LogP contribution in [-0.4, -0.2) is 21.0 Å². The minimum absolute atomic E-state index is 0.104.